The fourth-order valence-corrected chi connectivity index (χ4v) is 3.04. The van der Waals surface area contributed by atoms with Crippen LogP contribution in [0, 0.1) is 7.14 Å². The molecule has 2 N–H and O–H groups in total. The number of phenolic OH excluding ortho intramolecular Hbond substituents is 1. The molecular weight excluding hydrogens is 464 g/mol. The molecule has 0 fully saturated rings. The first-order chi connectivity index (χ1) is 8.45. The van der Waals surface area contributed by atoms with Gasteiger partial charge in [-0.3, -0.25) is 9.59 Å². The lowest BCUT2D eigenvalue weighted by molar-refractivity contribution is -0.141. The van der Waals surface area contributed by atoms with Gasteiger partial charge in [-0.2, -0.15) is 0 Å². The topological polar surface area (TPSA) is 75.6 Å². The summed E-state index contributed by atoms with van der Waals surface area (Å²) < 4.78 is 6.10. The highest BCUT2D eigenvalue weighted by Gasteiger charge is 2.15. The number of hydrogen-bond donors (Lipinski definition) is 2. The molecular formula is C11H11I2NO4. The molecule has 1 aromatic carbocycles. The molecule has 7 heteroatoms. The Bertz CT molecular complexity index is 476. The number of benzene rings is 1. The van der Waals surface area contributed by atoms with Crippen molar-refractivity contribution in [2.45, 2.75) is 6.92 Å². The summed E-state index contributed by atoms with van der Waals surface area (Å²) in [5, 5.41) is 12.2. The van der Waals surface area contributed by atoms with Crippen molar-refractivity contribution in [2.75, 3.05) is 13.2 Å². The molecule has 0 unspecified atom stereocenters. The summed E-state index contributed by atoms with van der Waals surface area (Å²) in [4.78, 5) is 22.9. The summed E-state index contributed by atoms with van der Waals surface area (Å²) in [7, 11) is 0. The maximum Gasteiger partial charge on any atom is 0.325 e. The van der Waals surface area contributed by atoms with E-state index < -0.39 is 11.9 Å². The Balaban J connectivity index is 2.76. The summed E-state index contributed by atoms with van der Waals surface area (Å²) in [6, 6.07) is 3.30. The number of ether oxygens (including phenoxy) is 1. The number of phenols is 1. The minimum absolute atomic E-state index is 0.0858. The normalized spacial score (nSPS) is 9.94. The highest BCUT2D eigenvalue weighted by Crippen LogP contribution is 2.26. The predicted octanol–water partition coefficient (Wildman–Crippen LogP) is 1.89. The van der Waals surface area contributed by atoms with Gasteiger partial charge in [0.15, 0.2) is 0 Å². The molecule has 1 amide bonds. The van der Waals surface area contributed by atoms with Crippen LogP contribution in [0.1, 0.15) is 17.3 Å². The van der Waals surface area contributed by atoms with Gasteiger partial charge >= 0.3 is 5.97 Å². The summed E-state index contributed by atoms with van der Waals surface area (Å²) >= 11 is 3.99. The predicted molar refractivity (Wildman–Crippen MR) is 82.5 cm³/mol. The first kappa shape index (κ1) is 15.5. The number of amides is 1. The number of esters is 1. The van der Waals surface area contributed by atoms with Crippen LogP contribution in [0.4, 0.5) is 0 Å². The molecule has 0 saturated heterocycles. The molecule has 0 aliphatic heterocycles. The SMILES string of the molecule is CCOC(=O)CNC(=O)c1cc(I)cc(I)c1O. The van der Waals surface area contributed by atoms with Crippen LogP contribution in [0.15, 0.2) is 12.1 Å². The zero-order valence-corrected chi connectivity index (χ0v) is 13.8. The number of halogens is 2. The Hall–Kier alpha value is -0.580. The van der Waals surface area contributed by atoms with Gasteiger partial charge in [-0.25, -0.2) is 0 Å². The second-order valence-electron chi connectivity index (χ2n) is 3.27. The molecule has 0 aliphatic carbocycles. The number of carbonyl (C=O) groups is 2. The van der Waals surface area contributed by atoms with Gasteiger partial charge in [0.1, 0.15) is 12.3 Å². The quantitative estimate of drug-likeness (QED) is 0.516. The summed E-state index contributed by atoms with van der Waals surface area (Å²) in [5.74, 6) is -1.10. The second-order valence-corrected chi connectivity index (χ2v) is 5.68. The van der Waals surface area contributed by atoms with Gasteiger partial charge < -0.3 is 15.2 Å². The van der Waals surface area contributed by atoms with E-state index in [4.69, 9.17) is 0 Å². The van der Waals surface area contributed by atoms with E-state index >= 15 is 0 Å². The lowest BCUT2D eigenvalue weighted by Crippen LogP contribution is -2.30. The van der Waals surface area contributed by atoms with E-state index in [1.165, 1.54) is 0 Å². The van der Waals surface area contributed by atoms with Crippen molar-refractivity contribution in [3.05, 3.63) is 24.8 Å². The summed E-state index contributed by atoms with van der Waals surface area (Å²) in [6.45, 7) is 1.74. The minimum Gasteiger partial charge on any atom is -0.506 e. The maximum absolute atomic E-state index is 11.8. The van der Waals surface area contributed by atoms with Crippen LogP contribution >= 0.6 is 45.2 Å². The van der Waals surface area contributed by atoms with Crippen LogP contribution in [0.2, 0.25) is 0 Å². The number of hydrogen-bond acceptors (Lipinski definition) is 4. The van der Waals surface area contributed by atoms with Crippen molar-refractivity contribution in [1.29, 1.82) is 0 Å². The molecule has 1 rings (SSSR count). The van der Waals surface area contributed by atoms with Crippen molar-refractivity contribution in [3.8, 4) is 5.75 Å². The molecule has 0 saturated carbocycles. The van der Waals surface area contributed by atoms with Crippen molar-refractivity contribution in [2.24, 2.45) is 0 Å². The zero-order chi connectivity index (χ0) is 13.7. The largest absolute Gasteiger partial charge is 0.506 e. The molecule has 0 heterocycles. The van der Waals surface area contributed by atoms with Crippen molar-refractivity contribution in [3.63, 3.8) is 0 Å². The molecule has 0 aliphatic rings. The fraction of sp³-hybridized carbons (Fsp3) is 0.273. The smallest absolute Gasteiger partial charge is 0.325 e. The van der Waals surface area contributed by atoms with Crippen LogP contribution in [-0.2, 0) is 9.53 Å². The Labute approximate surface area is 132 Å². The Morgan fingerprint density at radius 2 is 2.06 bits per heavy atom. The fourth-order valence-electron chi connectivity index (χ4n) is 1.20. The summed E-state index contributed by atoms with van der Waals surface area (Å²) in [5.41, 5.74) is 0.149. The van der Waals surface area contributed by atoms with Gasteiger partial charge in [-0.15, -0.1) is 0 Å². The van der Waals surface area contributed by atoms with Gasteiger partial charge in [-0.05, 0) is 64.2 Å². The second kappa shape index (κ2) is 7.12. The molecule has 0 bridgehead atoms. The average Bonchev–Trinajstić information content (AvgIpc) is 2.31. The lowest BCUT2D eigenvalue weighted by Gasteiger charge is -2.08. The van der Waals surface area contributed by atoms with Gasteiger partial charge in [-0.1, -0.05) is 0 Å². The Morgan fingerprint density at radius 1 is 1.39 bits per heavy atom. The lowest BCUT2D eigenvalue weighted by atomic mass is 10.2. The van der Waals surface area contributed by atoms with Gasteiger partial charge in [0.25, 0.3) is 5.91 Å². The van der Waals surface area contributed by atoms with E-state index in [1.54, 1.807) is 19.1 Å². The third-order valence-electron chi connectivity index (χ3n) is 1.97. The monoisotopic (exact) mass is 475 g/mol. The van der Waals surface area contributed by atoms with Gasteiger partial charge in [0.05, 0.1) is 15.7 Å². The van der Waals surface area contributed by atoms with Crippen molar-refractivity contribution >= 4 is 57.1 Å². The molecule has 0 spiro atoms. The molecule has 5 nitrogen and oxygen atoms in total. The van der Waals surface area contributed by atoms with Crippen LogP contribution in [0.3, 0.4) is 0 Å². The zero-order valence-electron chi connectivity index (χ0n) is 9.50. The van der Waals surface area contributed by atoms with Crippen LogP contribution < -0.4 is 5.32 Å². The minimum atomic E-state index is -0.509. The van der Waals surface area contributed by atoms with Crippen molar-refractivity contribution < 1.29 is 19.4 Å². The molecule has 1 aromatic rings. The van der Waals surface area contributed by atoms with Crippen LogP contribution in [0.25, 0.3) is 0 Å². The first-order valence-electron chi connectivity index (χ1n) is 5.07. The van der Waals surface area contributed by atoms with E-state index in [2.05, 4.69) is 10.1 Å². The number of rotatable bonds is 4. The maximum atomic E-state index is 11.8. The molecule has 0 atom stereocenters. The summed E-state index contributed by atoms with van der Waals surface area (Å²) in [6.07, 6.45) is 0. The molecule has 0 aromatic heterocycles. The average molecular weight is 475 g/mol. The third-order valence-corrected chi connectivity index (χ3v) is 3.42. The molecule has 98 valence electrons. The third kappa shape index (κ3) is 4.26. The molecule has 0 radical (unpaired) electrons. The Kier molecular flexibility index (Phi) is 6.12. The van der Waals surface area contributed by atoms with E-state index in [1.807, 2.05) is 45.2 Å². The van der Waals surface area contributed by atoms with Crippen LogP contribution in [0.5, 0.6) is 5.75 Å². The molecule has 18 heavy (non-hydrogen) atoms. The Morgan fingerprint density at radius 3 is 2.67 bits per heavy atom. The van der Waals surface area contributed by atoms with E-state index in [-0.39, 0.29) is 24.5 Å². The van der Waals surface area contributed by atoms with E-state index in [0.717, 1.165) is 3.57 Å². The highest BCUT2D eigenvalue weighted by atomic mass is 127. The number of carbonyl (C=O) groups excluding carboxylic acids is 2. The van der Waals surface area contributed by atoms with Crippen LogP contribution in [-0.4, -0.2) is 30.1 Å². The van der Waals surface area contributed by atoms with E-state index in [9.17, 15) is 14.7 Å². The first-order valence-corrected chi connectivity index (χ1v) is 7.23. The number of nitrogens with one attached hydrogen (secondary N) is 1. The van der Waals surface area contributed by atoms with E-state index in [0.29, 0.717) is 3.57 Å². The van der Waals surface area contributed by atoms with Gasteiger partial charge in [0, 0.05) is 3.57 Å². The van der Waals surface area contributed by atoms with Crippen molar-refractivity contribution in [1.82, 2.24) is 5.32 Å². The standard InChI is InChI=1S/C11H11I2NO4/c1-2-18-9(15)5-14-11(17)7-3-6(12)4-8(13)10(7)16/h3-4,16H,2,5H2,1H3,(H,14,17). The number of aromatic hydroxyl groups is 1. The van der Waals surface area contributed by atoms with Gasteiger partial charge in [0.2, 0.25) is 0 Å². The highest BCUT2D eigenvalue weighted by molar-refractivity contribution is 14.1.